The molecule has 0 aliphatic rings. The van der Waals surface area contributed by atoms with Gasteiger partial charge in [-0.3, -0.25) is 0 Å². The topological polar surface area (TPSA) is 114 Å². The number of nitrogens with one attached hydrogen (secondary N) is 2. The molecule has 28 heavy (non-hydrogen) atoms. The Bertz CT molecular complexity index is 957. The molecule has 8 nitrogen and oxygen atoms in total. The van der Waals surface area contributed by atoms with E-state index in [4.69, 9.17) is 17.3 Å². The summed E-state index contributed by atoms with van der Waals surface area (Å²) in [6.45, 7) is 7.27. The lowest BCUT2D eigenvalue weighted by atomic mass is 10.1. The van der Waals surface area contributed by atoms with Gasteiger partial charge in [0.25, 0.3) is 0 Å². The van der Waals surface area contributed by atoms with Gasteiger partial charge in [0, 0.05) is 23.8 Å². The Morgan fingerprint density at radius 2 is 2.07 bits per heavy atom. The molecule has 0 amide bonds. The van der Waals surface area contributed by atoms with Gasteiger partial charge in [0.05, 0.1) is 19.0 Å². The van der Waals surface area contributed by atoms with Gasteiger partial charge in [-0.25, -0.2) is 4.98 Å². The van der Waals surface area contributed by atoms with E-state index < -0.39 is 0 Å². The van der Waals surface area contributed by atoms with Crippen LogP contribution in [0.5, 0.6) is 0 Å². The van der Waals surface area contributed by atoms with Crippen LogP contribution in [0.4, 0.5) is 17.5 Å². The van der Waals surface area contributed by atoms with Crippen molar-refractivity contribution in [2.24, 2.45) is 5.92 Å². The molecule has 2 heterocycles. The molecule has 0 fully saturated rings. The lowest BCUT2D eigenvalue weighted by Crippen LogP contribution is -2.30. The molecule has 3 rings (SSSR count). The van der Waals surface area contributed by atoms with Crippen LogP contribution < -0.4 is 16.4 Å². The molecule has 5 N–H and O–H groups in total. The Kier molecular flexibility index (Phi) is 6.21. The van der Waals surface area contributed by atoms with Gasteiger partial charge in [0.15, 0.2) is 17.0 Å². The van der Waals surface area contributed by atoms with E-state index in [1.54, 1.807) is 18.5 Å². The average molecular weight is 404 g/mol. The number of rotatable bonds is 8. The molecule has 150 valence electrons. The largest absolute Gasteiger partial charge is 0.398 e. The van der Waals surface area contributed by atoms with Crippen LogP contribution in [-0.4, -0.2) is 37.3 Å². The van der Waals surface area contributed by atoms with E-state index in [0.717, 1.165) is 17.8 Å². The fraction of sp³-hybridized carbons (Fsp3) is 0.421. The summed E-state index contributed by atoms with van der Waals surface area (Å²) in [5.74, 6) is 1.26. The Morgan fingerprint density at radius 1 is 1.29 bits per heavy atom. The van der Waals surface area contributed by atoms with Crippen LogP contribution in [0, 0.1) is 5.92 Å². The molecule has 0 radical (unpaired) electrons. The van der Waals surface area contributed by atoms with E-state index in [1.807, 2.05) is 31.4 Å². The summed E-state index contributed by atoms with van der Waals surface area (Å²) < 4.78 is 1.95. The van der Waals surface area contributed by atoms with Crippen LogP contribution in [0.1, 0.15) is 26.3 Å². The first-order valence-corrected chi connectivity index (χ1v) is 9.68. The number of imidazole rings is 1. The van der Waals surface area contributed by atoms with Gasteiger partial charge in [-0.1, -0.05) is 25.4 Å². The van der Waals surface area contributed by atoms with Crippen LogP contribution in [0.2, 0.25) is 5.02 Å². The van der Waals surface area contributed by atoms with Crippen molar-refractivity contribution in [2.45, 2.75) is 39.9 Å². The zero-order valence-corrected chi connectivity index (χ0v) is 17.0. The summed E-state index contributed by atoms with van der Waals surface area (Å²) in [5, 5.41) is 16.8. The molecule has 9 heteroatoms. The minimum absolute atomic E-state index is 0.00604. The standard InChI is InChI=1S/C19H26ClN7O/c1-4-27-10-23-16-17(22-8-12-7-13(20)5-6-14(12)21)25-19(26-18(16)27)24-15(9-28)11(2)3/h5-7,10-11,15,28H,4,8-9,21H2,1-3H3,(H2,22,24,25,26). The van der Waals surface area contributed by atoms with E-state index in [9.17, 15) is 5.11 Å². The molecule has 0 spiro atoms. The zero-order valence-electron chi connectivity index (χ0n) is 16.3. The lowest BCUT2D eigenvalue weighted by molar-refractivity contribution is 0.248. The molecule has 1 aromatic carbocycles. The summed E-state index contributed by atoms with van der Waals surface area (Å²) >= 11 is 6.09. The second kappa shape index (κ2) is 8.62. The van der Waals surface area contributed by atoms with Crippen molar-refractivity contribution in [2.75, 3.05) is 23.0 Å². The molecule has 0 bridgehead atoms. The highest BCUT2D eigenvalue weighted by Crippen LogP contribution is 2.24. The molecule has 0 saturated heterocycles. The first-order chi connectivity index (χ1) is 13.4. The normalized spacial score (nSPS) is 12.5. The minimum Gasteiger partial charge on any atom is -0.398 e. The van der Waals surface area contributed by atoms with Crippen molar-refractivity contribution in [1.82, 2.24) is 19.5 Å². The number of halogens is 1. The first kappa shape index (κ1) is 20.2. The highest BCUT2D eigenvalue weighted by molar-refractivity contribution is 6.30. The van der Waals surface area contributed by atoms with Crippen molar-refractivity contribution in [1.29, 1.82) is 0 Å². The predicted octanol–water partition coefficient (Wildman–Crippen LogP) is 3.12. The number of benzene rings is 1. The van der Waals surface area contributed by atoms with Crippen molar-refractivity contribution >= 4 is 40.2 Å². The van der Waals surface area contributed by atoms with Crippen LogP contribution in [0.3, 0.4) is 0 Å². The van der Waals surface area contributed by atoms with Crippen molar-refractivity contribution in [3.63, 3.8) is 0 Å². The molecule has 0 aliphatic heterocycles. The molecular weight excluding hydrogens is 378 g/mol. The van der Waals surface area contributed by atoms with E-state index in [-0.39, 0.29) is 18.6 Å². The smallest absolute Gasteiger partial charge is 0.227 e. The number of hydrogen-bond donors (Lipinski definition) is 4. The third kappa shape index (κ3) is 4.28. The van der Waals surface area contributed by atoms with Gasteiger partial charge in [0.2, 0.25) is 5.95 Å². The summed E-state index contributed by atoms with van der Waals surface area (Å²) in [6.07, 6.45) is 1.74. The second-order valence-corrected chi connectivity index (χ2v) is 7.41. The van der Waals surface area contributed by atoms with Gasteiger partial charge >= 0.3 is 0 Å². The third-order valence-electron chi connectivity index (χ3n) is 4.67. The quantitative estimate of drug-likeness (QED) is 0.427. The number of aliphatic hydroxyl groups is 1. The van der Waals surface area contributed by atoms with Gasteiger partial charge in [0.1, 0.15) is 0 Å². The zero-order chi connectivity index (χ0) is 20.3. The predicted molar refractivity (Wildman–Crippen MR) is 114 cm³/mol. The maximum atomic E-state index is 9.63. The van der Waals surface area contributed by atoms with Crippen molar-refractivity contribution in [3.05, 3.63) is 35.1 Å². The number of aryl methyl sites for hydroxylation is 1. The van der Waals surface area contributed by atoms with E-state index in [2.05, 4.69) is 25.6 Å². The number of aromatic nitrogens is 4. The maximum Gasteiger partial charge on any atom is 0.227 e. The fourth-order valence-corrected chi connectivity index (χ4v) is 3.05. The Hall–Kier alpha value is -2.58. The van der Waals surface area contributed by atoms with E-state index in [1.165, 1.54) is 0 Å². The number of aliphatic hydroxyl groups excluding tert-OH is 1. The average Bonchev–Trinajstić information content (AvgIpc) is 3.09. The van der Waals surface area contributed by atoms with E-state index >= 15 is 0 Å². The summed E-state index contributed by atoms with van der Waals surface area (Å²) in [7, 11) is 0. The van der Waals surface area contributed by atoms with Gasteiger partial charge in [-0.2, -0.15) is 9.97 Å². The number of fused-ring (bicyclic) bond motifs is 1. The van der Waals surface area contributed by atoms with Crippen molar-refractivity contribution in [3.8, 4) is 0 Å². The molecule has 0 aliphatic carbocycles. The van der Waals surface area contributed by atoms with Crippen LogP contribution in [-0.2, 0) is 13.1 Å². The Balaban J connectivity index is 1.95. The SMILES string of the molecule is CCn1cnc2c(NCc3cc(Cl)ccc3N)nc(NC(CO)C(C)C)nc21. The highest BCUT2D eigenvalue weighted by Gasteiger charge is 2.17. The number of nitrogen functional groups attached to an aromatic ring is 1. The van der Waals surface area contributed by atoms with Crippen LogP contribution in [0.15, 0.2) is 24.5 Å². The monoisotopic (exact) mass is 403 g/mol. The molecule has 1 atom stereocenters. The highest BCUT2D eigenvalue weighted by atomic mass is 35.5. The van der Waals surface area contributed by atoms with Crippen molar-refractivity contribution < 1.29 is 5.11 Å². The lowest BCUT2D eigenvalue weighted by Gasteiger charge is -2.20. The Morgan fingerprint density at radius 3 is 2.75 bits per heavy atom. The van der Waals surface area contributed by atoms with Gasteiger partial charge in [-0.15, -0.1) is 0 Å². The summed E-state index contributed by atoms with van der Waals surface area (Å²) in [6, 6.07) is 5.22. The Labute approximate surface area is 169 Å². The third-order valence-corrected chi connectivity index (χ3v) is 4.91. The second-order valence-electron chi connectivity index (χ2n) is 6.97. The number of hydrogen-bond acceptors (Lipinski definition) is 7. The first-order valence-electron chi connectivity index (χ1n) is 9.31. The van der Waals surface area contributed by atoms with Crippen LogP contribution >= 0.6 is 11.6 Å². The minimum atomic E-state index is -0.146. The maximum absolute atomic E-state index is 9.63. The molecule has 2 aromatic heterocycles. The fourth-order valence-electron chi connectivity index (χ4n) is 2.86. The van der Waals surface area contributed by atoms with E-state index in [0.29, 0.717) is 34.5 Å². The molecule has 3 aromatic rings. The number of nitrogens with zero attached hydrogens (tertiary/aromatic N) is 4. The summed E-state index contributed by atoms with van der Waals surface area (Å²) in [5.41, 5.74) is 8.98. The molecular formula is C19H26ClN7O. The number of nitrogens with two attached hydrogens (primary N) is 1. The van der Waals surface area contributed by atoms with Gasteiger partial charge in [-0.05, 0) is 36.6 Å². The van der Waals surface area contributed by atoms with Gasteiger partial charge < -0.3 is 26.0 Å². The van der Waals surface area contributed by atoms with Crippen LogP contribution in [0.25, 0.3) is 11.2 Å². The molecule has 0 saturated carbocycles. The number of anilines is 3. The molecule has 1 unspecified atom stereocenters. The summed E-state index contributed by atoms with van der Waals surface area (Å²) in [4.78, 5) is 13.7.